The standard InChI is InChI=1S/C11H11N3O2S/c1-3-7-6(4-13-15-7)9-11-10(16-14-9)8(12)5(2)17-11/h4H,3,12H2,1-2H3. The van der Waals surface area contributed by atoms with Crippen molar-refractivity contribution < 1.29 is 9.05 Å². The van der Waals surface area contributed by atoms with Gasteiger partial charge in [0, 0.05) is 11.3 Å². The molecule has 5 nitrogen and oxygen atoms in total. The van der Waals surface area contributed by atoms with Crippen LogP contribution in [0.1, 0.15) is 17.6 Å². The molecular weight excluding hydrogens is 238 g/mol. The fourth-order valence-electron chi connectivity index (χ4n) is 1.80. The van der Waals surface area contributed by atoms with Crippen LogP contribution in [-0.4, -0.2) is 10.3 Å². The minimum atomic E-state index is 0.658. The average molecular weight is 249 g/mol. The molecule has 0 atom stereocenters. The molecule has 0 amide bonds. The van der Waals surface area contributed by atoms with Crippen molar-refractivity contribution in [1.82, 2.24) is 10.3 Å². The first-order valence-electron chi connectivity index (χ1n) is 5.30. The summed E-state index contributed by atoms with van der Waals surface area (Å²) in [5.74, 6) is 0.810. The van der Waals surface area contributed by atoms with Gasteiger partial charge in [-0.3, -0.25) is 0 Å². The van der Waals surface area contributed by atoms with E-state index in [1.54, 1.807) is 17.5 Å². The van der Waals surface area contributed by atoms with E-state index in [1.807, 2.05) is 13.8 Å². The highest BCUT2D eigenvalue weighted by molar-refractivity contribution is 7.20. The third-order valence-electron chi connectivity index (χ3n) is 2.75. The molecule has 17 heavy (non-hydrogen) atoms. The fraction of sp³-hybridized carbons (Fsp3) is 0.273. The predicted octanol–water partition coefficient (Wildman–Crippen LogP) is 3.00. The third kappa shape index (κ3) is 1.37. The van der Waals surface area contributed by atoms with E-state index in [2.05, 4.69) is 10.3 Å². The molecule has 0 aliphatic rings. The molecule has 3 aromatic heterocycles. The first kappa shape index (κ1) is 10.3. The SMILES string of the molecule is CCc1oncc1-c1noc2c(N)c(C)sc12. The van der Waals surface area contributed by atoms with Gasteiger partial charge in [0.25, 0.3) is 0 Å². The maximum Gasteiger partial charge on any atom is 0.201 e. The molecule has 0 radical (unpaired) electrons. The molecule has 0 fully saturated rings. The number of anilines is 1. The zero-order valence-electron chi connectivity index (χ0n) is 9.48. The van der Waals surface area contributed by atoms with E-state index in [1.165, 1.54) is 0 Å². The summed E-state index contributed by atoms with van der Waals surface area (Å²) in [5, 5.41) is 7.87. The lowest BCUT2D eigenvalue weighted by molar-refractivity contribution is 0.387. The fourth-order valence-corrected chi connectivity index (χ4v) is 2.79. The number of nitrogens with two attached hydrogens (primary N) is 1. The van der Waals surface area contributed by atoms with Gasteiger partial charge in [0.1, 0.15) is 16.2 Å². The second-order valence-electron chi connectivity index (χ2n) is 3.78. The number of nitrogen functional groups attached to an aromatic ring is 1. The van der Waals surface area contributed by atoms with Gasteiger partial charge < -0.3 is 14.8 Å². The van der Waals surface area contributed by atoms with E-state index in [0.29, 0.717) is 11.3 Å². The lowest BCUT2D eigenvalue weighted by Gasteiger charge is -1.91. The topological polar surface area (TPSA) is 78.1 Å². The van der Waals surface area contributed by atoms with E-state index in [4.69, 9.17) is 14.8 Å². The highest BCUT2D eigenvalue weighted by Gasteiger charge is 2.20. The molecule has 0 spiro atoms. The lowest BCUT2D eigenvalue weighted by atomic mass is 10.1. The van der Waals surface area contributed by atoms with Crippen LogP contribution in [0.5, 0.6) is 0 Å². The molecule has 3 rings (SSSR count). The van der Waals surface area contributed by atoms with Crippen LogP contribution in [0.3, 0.4) is 0 Å². The van der Waals surface area contributed by atoms with Gasteiger partial charge >= 0.3 is 0 Å². The summed E-state index contributed by atoms with van der Waals surface area (Å²) in [5.41, 5.74) is 8.88. The summed E-state index contributed by atoms with van der Waals surface area (Å²) in [6, 6.07) is 0. The Kier molecular flexibility index (Phi) is 2.19. The number of thiophene rings is 1. The van der Waals surface area contributed by atoms with Crippen LogP contribution in [0.2, 0.25) is 0 Å². The second kappa shape index (κ2) is 3.59. The summed E-state index contributed by atoms with van der Waals surface area (Å²) in [6.07, 6.45) is 2.44. The quantitative estimate of drug-likeness (QED) is 0.755. The maximum absolute atomic E-state index is 5.91. The number of aryl methyl sites for hydroxylation is 2. The van der Waals surface area contributed by atoms with Crippen molar-refractivity contribution in [1.29, 1.82) is 0 Å². The predicted molar refractivity (Wildman–Crippen MR) is 65.9 cm³/mol. The van der Waals surface area contributed by atoms with Gasteiger partial charge in [-0.2, -0.15) is 0 Å². The largest absolute Gasteiger partial charge is 0.395 e. The monoisotopic (exact) mass is 249 g/mol. The number of hydrogen-bond donors (Lipinski definition) is 1. The molecule has 0 bridgehead atoms. The molecule has 0 saturated carbocycles. The molecule has 0 aliphatic heterocycles. The van der Waals surface area contributed by atoms with Crippen molar-refractivity contribution in [3.8, 4) is 11.3 Å². The summed E-state index contributed by atoms with van der Waals surface area (Å²) >= 11 is 1.58. The number of nitrogens with zero attached hydrogens (tertiary/aromatic N) is 2. The van der Waals surface area contributed by atoms with Crippen molar-refractivity contribution in [3.63, 3.8) is 0 Å². The van der Waals surface area contributed by atoms with Crippen molar-refractivity contribution in [2.24, 2.45) is 0 Å². The van der Waals surface area contributed by atoms with Crippen LogP contribution < -0.4 is 5.73 Å². The van der Waals surface area contributed by atoms with Gasteiger partial charge in [-0.1, -0.05) is 17.2 Å². The smallest absolute Gasteiger partial charge is 0.201 e. The van der Waals surface area contributed by atoms with Gasteiger partial charge in [0.15, 0.2) is 0 Å². The van der Waals surface area contributed by atoms with Gasteiger partial charge in [-0.25, -0.2) is 0 Å². The number of aromatic nitrogens is 2. The highest BCUT2D eigenvalue weighted by Crippen LogP contribution is 2.40. The molecule has 3 heterocycles. The van der Waals surface area contributed by atoms with Gasteiger partial charge in [0.05, 0.1) is 17.4 Å². The van der Waals surface area contributed by atoms with Crippen LogP contribution >= 0.6 is 11.3 Å². The first-order chi connectivity index (χ1) is 8.22. The maximum atomic E-state index is 5.91. The van der Waals surface area contributed by atoms with Gasteiger partial charge in [-0.05, 0) is 6.92 Å². The Labute approximate surface area is 101 Å². The van der Waals surface area contributed by atoms with Crippen molar-refractivity contribution in [3.05, 3.63) is 16.8 Å². The van der Waals surface area contributed by atoms with Crippen LogP contribution in [-0.2, 0) is 6.42 Å². The number of fused-ring (bicyclic) bond motifs is 1. The Morgan fingerprint density at radius 3 is 3.00 bits per heavy atom. The van der Waals surface area contributed by atoms with E-state index in [0.717, 1.165) is 33.0 Å². The van der Waals surface area contributed by atoms with Gasteiger partial charge in [0.2, 0.25) is 5.58 Å². The highest BCUT2D eigenvalue weighted by atomic mass is 32.1. The van der Waals surface area contributed by atoms with Crippen LogP contribution in [0.15, 0.2) is 15.2 Å². The van der Waals surface area contributed by atoms with Gasteiger partial charge in [-0.15, -0.1) is 11.3 Å². The Balaban J connectivity index is 2.27. The Morgan fingerprint density at radius 1 is 1.41 bits per heavy atom. The van der Waals surface area contributed by atoms with Crippen LogP contribution in [0.25, 0.3) is 21.5 Å². The van der Waals surface area contributed by atoms with Crippen LogP contribution in [0.4, 0.5) is 5.69 Å². The number of hydrogen-bond acceptors (Lipinski definition) is 6. The molecule has 0 saturated heterocycles. The van der Waals surface area contributed by atoms with Crippen molar-refractivity contribution in [2.45, 2.75) is 20.3 Å². The molecule has 88 valence electrons. The minimum absolute atomic E-state index is 0.658. The minimum Gasteiger partial charge on any atom is -0.395 e. The Hall–Kier alpha value is -1.82. The summed E-state index contributed by atoms with van der Waals surface area (Å²) in [4.78, 5) is 1.04. The van der Waals surface area contributed by atoms with E-state index in [-0.39, 0.29) is 0 Å². The molecule has 0 aromatic carbocycles. The average Bonchev–Trinajstić information content (AvgIpc) is 2.97. The summed E-state index contributed by atoms with van der Waals surface area (Å²) < 4.78 is 11.4. The molecule has 6 heteroatoms. The van der Waals surface area contributed by atoms with E-state index < -0.39 is 0 Å². The van der Waals surface area contributed by atoms with Crippen molar-refractivity contribution >= 4 is 27.3 Å². The molecule has 0 unspecified atom stereocenters. The third-order valence-corrected chi connectivity index (χ3v) is 3.86. The summed E-state index contributed by atoms with van der Waals surface area (Å²) in [7, 11) is 0. The second-order valence-corrected chi connectivity index (χ2v) is 5.00. The van der Waals surface area contributed by atoms with Crippen molar-refractivity contribution in [2.75, 3.05) is 5.73 Å². The first-order valence-corrected chi connectivity index (χ1v) is 6.12. The molecular formula is C11H11N3O2S. The lowest BCUT2D eigenvalue weighted by Crippen LogP contribution is -1.82. The Bertz CT molecular complexity index is 680. The summed E-state index contributed by atoms with van der Waals surface area (Å²) in [6.45, 7) is 3.98. The Morgan fingerprint density at radius 2 is 2.24 bits per heavy atom. The van der Waals surface area contributed by atoms with Crippen LogP contribution in [0, 0.1) is 6.92 Å². The number of rotatable bonds is 2. The molecule has 0 aliphatic carbocycles. The molecule has 2 N–H and O–H groups in total. The molecule has 3 aromatic rings. The van der Waals surface area contributed by atoms with E-state index in [9.17, 15) is 0 Å². The zero-order valence-corrected chi connectivity index (χ0v) is 10.3. The normalized spacial score (nSPS) is 11.4. The zero-order chi connectivity index (χ0) is 12.0. The van der Waals surface area contributed by atoms with E-state index >= 15 is 0 Å².